The SMILES string of the molecule is NC(=O)c1ccccc1CSc1cc(Cl)ccc1N. The summed E-state index contributed by atoms with van der Waals surface area (Å²) in [5.41, 5.74) is 13.3. The summed E-state index contributed by atoms with van der Waals surface area (Å²) in [7, 11) is 0. The van der Waals surface area contributed by atoms with Gasteiger partial charge >= 0.3 is 0 Å². The first-order chi connectivity index (χ1) is 9.08. The van der Waals surface area contributed by atoms with E-state index in [4.69, 9.17) is 23.1 Å². The zero-order valence-electron chi connectivity index (χ0n) is 10.1. The summed E-state index contributed by atoms with van der Waals surface area (Å²) in [6.45, 7) is 0. The van der Waals surface area contributed by atoms with Crippen molar-refractivity contribution in [2.45, 2.75) is 10.6 Å². The van der Waals surface area contributed by atoms with Crippen LogP contribution < -0.4 is 11.5 Å². The van der Waals surface area contributed by atoms with Crippen LogP contribution in [0.3, 0.4) is 0 Å². The first-order valence-corrected chi connectivity index (χ1v) is 7.00. The number of carbonyl (C=O) groups excluding carboxylic acids is 1. The number of primary amides is 1. The van der Waals surface area contributed by atoms with Gasteiger partial charge in [0.2, 0.25) is 5.91 Å². The van der Waals surface area contributed by atoms with Crippen LogP contribution in [0.5, 0.6) is 0 Å². The average molecular weight is 293 g/mol. The predicted molar refractivity (Wildman–Crippen MR) is 80.4 cm³/mol. The lowest BCUT2D eigenvalue weighted by atomic mass is 10.1. The van der Waals surface area contributed by atoms with E-state index in [9.17, 15) is 4.79 Å². The van der Waals surface area contributed by atoms with Crippen LogP contribution in [0.25, 0.3) is 0 Å². The van der Waals surface area contributed by atoms with Crippen molar-refractivity contribution in [2.24, 2.45) is 5.73 Å². The van der Waals surface area contributed by atoms with E-state index in [1.54, 1.807) is 24.3 Å². The third kappa shape index (κ3) is 3.43. The van der Waals surface area contributed by atoms with E-state index in [1.165, 1.54) is 11.8 Å². The lowest BCUT2D eigenvalue weighted by Crippen LogP contribution is -2.13. The van der Waals surface area contributed by atoms with E-state index in [-0.39, 0.29) is 0 Å². The molecule has 0 aliphatic carbocycles. The summed E-state index contributed by atoms with van der Waals surface area (Å²) >= 11 is 7.47. The number of anilines is 1. The molecule has 0 saturated heterocycles. The molecule has 5 heteroatoms. The number of thioether (sulfide) groups is 1. The number of hydrogen-bond acceptors (Lipinski definition) is 3. The maximum Gasteiger partial charge on any atom is 0.249 e. The number of hydrogen-bond donors (Lipinski definition) is 2. The number of rotatable bonds is 4. The number of nitrogens with two attached hydrogens (primary N) is 2. The summed E-state index contributed by atoms with van der Waals surface area (Å²) in [6, 6.07) is 12.6. The Bertz CT molecular complexity index is 616. The third-order valence-corrected chi connectivity index (χ3v) is 4.00. The fourth-order valence-electron chi connectivity index (χ4n) is 1.68. The maximum atomic E-state index is 11.3. The van der Waals surface area contributed by atoms with Gasteiger partial charge in [0.15, 0.2) is 0 Å². The van der Waals surface area contributed by atoms with Gasteiger partial charge in [-0.25, -0.2) is 0 Å². The first kappa shape index (κ1) is 13.8. The largest absolute Gasteiger partial charge is 0.398 e. The van der Waals surface area contributed by atoms with Gasteiger partial charge in [-0.2, -0.15) is 0 Å². The molecule has 0 spiro atoms. The van der Waals surface area contributed by atoms with E-state index in [0.717, 1.165) is 10.5 Å². The predicted octanol–water partition coefficient (Wildman–Crippen LogP) is 3.31. The molecule has 0 bridgehead atoms. The number of nitrogen functional groups attached to an aromatic ring is 1. The molecule has 0 unspecified atom stereocenters. The summed E-state index contributed by atoms with van der Waals surface area (Å²) < 4.78 is 0. The van der Waals surface area contributed by atoms with Crippen molar-refractivity contribution in [1.29, 1.82) is 0 Å². The standard InChI is InChI=1S/C14H13ClN2OS/c15-10-5-6-12(16)13(7-10)19-8-9-3-1-2-4-11(9)14(17)18/h1-7H,8,16H2,(H2,17,18). The van der Waals surface area contributed by atoms with Crippen LogP contribution in [0.15, 0.2) is 47.4 Å². The highest BCUT2D eigenvalue weighted by Gasteiger charge is 2.08. The number of amides is 1. The summed E-state index contributed by atoms with van der Waals surface area (Å²) in [6.07, 6.45) is 0. The first-order valence-electron chi connectivity index (χ1n) is 5.63. The Morgan fingerprint density at radius 2 is 1.95 bits per heavy atom. The van der Waals surface area contributed by atoms with Crippen molar-refractivity contribution < 1.29 is 4.79 Å². The molecular weight excluding hydrogens is 280 g/mol. The fraction of sp³-hybridized carbons (Fsp3) is 0.0714. The Balaban J connectivity index is 2.19. The van der Waals surface area contributed by atoms with E-state index in [0.29, 0.717) is 22.0 Å². The molecule has 2 rings (SSSR count). The van der Waals surface area contributed by atoms with Crippen LogP contribution in [-0.2, 0) is 5.75 Å². The van der Waals surface area contributed by atoms with Gasteiger partial charge < -0.3 is 11.5 Å². The van der Waals surface area contributed by atoms with Crippen LogP contribution in [0.1, 0.15) is 15.9 Å². The molecule has 3 nitrogen and oxygen atoms in total. The molecule has 0 radical (unpaired) electrons. The van der Waals surface area contributed by atoms with Crippen LogP contribution in [0, 0.1) is 0 Å². The highest BCUT2D eigenvalue weighted by Crippen LogP contribution is 2.31. The zero-order valence-corrected chi connectivity index (χ0v) is 11.7. The van der Waals surface area contributed by atoms with Crippen molar-refractivity contribution in [3.8, 4) is 0 Å². The highest BCUT2D eigenvalue weighted by molar-refractivity contribution is 7.98. The van der Waals surface area contributed by atoms with E-state index < -0.39 is 5.91 Å². The molecule has 0 aromatic heterocycles. The molecule has 0 fully saturated rings. The minimum atomic E-state index is -0.421. The summed E-state index contributed by atoms with van der Waals surface area (Å²) in [4.78, 5) is 12.2. The van der Waals surface area contributed by atoms with Gasteiger partial charge in [-0.15, -0.1) is 11.8 Å². The Kier molecular flexibility index (Phi) is 4.35. The monoisotopic (exact) mass is 292 g/mol. The van der Waals surface area contributed by atoms with Crippen LogP contribution >= 0.6 is 23.4 Å². The van der Waals surface area contributed by atoms with Gasteiger partial charge in [-0.3, -0.25) is 4.79 Å². The summed E-state index contributed by atoms with van der Waals surface area (Å²) in [5, 5.41) is 0.639. The molecule has 0 atom stereocenters. The van der Waals surface area contributed by atoms with Crippen molar-refractivity contribution in [2.75, 3.05) is 5.73 Å². The average Bonchev–Trinajstić information content (AvgIpc) is 2.40. The second-order valence-electron chi connectivity index (χ2n) is 3.99. The van der Waals surface area contributed by atoms with E-state index in [2.05, 4.69) is 0 Å². The number of benzene rings is 2. The van der Waals surface area contributed by atoms with Gasteiger partial charge in [0.25, 0.3) is 0 Å². The van der Waals surface area contributed by atoms with Gasteiger partial charge in [0.05, 0.1) is 0 Å². The van der Waals surface area contributed by atoms with Crippen molar-refractivity contribution >= 4 is 35.0 Å². The third-order valence-electron chi connectivity index (χ3n) is 2.64. The molecule has 4 N–H and O–H groups in total. The van der Waals surface area contributed by atoms with Gasteiger partial charge in [-0.1, -0.05) is 29.8 Å². The zero-order chi connectivity index (χ0) is 13.8. The molecule has 0 saturated carbocycles. The number of carbonyl (C=O) groups is 1. The minimum Gasteiger partial charge on any atom is -0.398 e. The Morgan fingerprint density at radius 3 is 2.68 bits per heavy atom. The van der Waals surface area contributed by atoms with Gasteiger partial charge in [0, 0.05) is 26.9 Å². The molecule has 2 aromatic carbocycles. The second-order valence-corrected chi connectivity index (χ2v) is 5.45. The number of halogens is 1. The molecule has 0 aliphatic rings. The van der Waals surface area contributed by atoms with E-state index >= 15 is 0 Å². The lowest BCUT2D eigenvalue weighted by Gasteiger charge is -2.08. The molecule has 98 valence electrons. The lowest BCUT2D eigenvalue weighted by molar-refractivity contribution is 0.0999. The van der Waals surface area contributed by atoms with Crippen molar-refractivity contribution in [3.63, 3.8) is 0 Å². The van der Waals surface area contributed by atoms with Crippen molar-refractivity contribution in [3.05, 3.63) is 58.6 Å². The molecule has 2 aromatic rings. The topological polar surface area (TPSA) is 69.1 Å². The van der Waals surface area contributed by atoms with E-state index in [1.807, 2.05) is 18.2 Å². The van der Waals surface area contributed by atoms with Crippen LogP contribution in [-0.4, -0.2) is 5.91 Å². The molecular formula is C14H13ClN2OS. The molecule has 1 amide bonds. The van der Waals surface area contributed by atoms with Gasteiger partial charge in [0.1, 0.15) is 0 Å². The van der Waals surface area contributed by atoms with Crippen LogP contribution in [0.4, 0.5) is 5.69 Å². The Labute approximate surface area is 120 Å². The quantitative estimate of drug-likeness (QED) is 0.671. The Morgan fingerprint density at radius 1 is 1.21 bits per heavy atom. The van der Waals surface area contributed by atoms with Gasteiger partial charge in [-0.05, 0) is 29.8 Å². The molecule has 0 heterocycles. The van der Waals surface area contributed by atoms with Crippen LogP contribution in [0.2, 0.25) is 5.02 Å². The highest BCUT2D eigenvalue weighted by atomic mass is 35.5. The molecule has 0 aliphatic heterocycles. The smallest absolute Gasteiger partial charge is 0.249 e. The normalized spacial score (nSPS) is 10.4. The maximum absolute atomic E-state index is 11.3. The molecule has 19 heavy (non-hydrogen) atoms. The summed E-state index contributed by atoms with van der Waals surface area (Å²) in [5.74, 6) is 0.194. The minimum absolute atomic E-state index is 0.421. The second kappa shape index (κ2) is 5.99. The Hall–Kier alpha value is -1.65. The van der Waals surface area contributed by atoms with Crippen molar-refractivity contribution in [1.82, 2.24) is 0 Å². The fourth-order valence-corrected chi connectivity index (χ4v) is 2.92.